The van der Waals surface area contributed by atoms with Crippen molar-refractivity contribution in [3.05, 3.63) is 96.8 Å². The molecular weight excluding hydrogens is 326 g/mol. The van der Waals surface area contributed by atoms with Gasteiger partial charge in [0.1, 0.15) is 5.75 Å². The largest absolute Gasteiger partial charge is 0.421 e. The van der Waals surface area contributed by atoms with Gasteiger partial charge in [0.05, 0.1) is 5.69 Å². The van der Waals surface area contributed by atoms with Crippen LogP contribution in [0.5, 0.6) is 5.75 Å². The number of hydrogen-bond donors (Lipinski definition) is 0. The zero-order chi connectivity index (χ0) is 17.8. The molecule has 126 valence electrons. The maximum absolute atomic E-state index is 12.5. The summed E-state index contributed by atoms with van der Waals surface area (Å²) >= 11 is 0. The zero-order valence-electron chi connectivity index (χ0n) is 13.8. The lowest BCUT2D eigenvalue weighted by molar-refractivity contribution is 0.0722. The minimum absolute atomic E-state index is 0.0107. The fourth-order valence-electron chi connectivity index (χ4n) is 2.56. The van der Waals surface area contributed by atoms with E-state index in [9.17, 15) is 4.79 Å². The first-order chi connectivity index (χ1) is 12.8. The lowest BCUT2D eigenvalue weighted by Crippen LogP contribution is -2.11. The Balaban J connectivity index is 1.75. The van der Waals surface area contributed by atoms with Gasteiger partial charge in [0, 0.05) is 5.56 Å². The highest BCUT2D eigenvalue weighted by atomic mass is 16.5. The van der Waals surface area contributed by atoms with Gasteiger partial charge in [-0.15, -0.1) is 5.10 Å². The Bertz CT molecular complexity index is 956. The summed E-state index contributed by atoms with van der Waals surface area (Å²) in [6.07, 6.45) is 0. The molecule has 3 aromatic carbocycles. The molecule has 5 nitrogen and oxygen atoms in total. The molecule has 0 atom stereocenters. The summed E-state index contributed by atoms with van der Waals surface area (Å²) in [5, 5.41) is 4.38. The number of carbonyl (C=O) groups is 1. The van der Waals surface area contributed by atoms with Crippen LogP contribution in [0.25, 0.3) is 17.1 Å². The van der Waals surface area contributed by atoms with Gasteiger partial charge in [-0.1, -0.05) is 66.7 Å². The fraction of sp³-hybridized carbons (Fsp3) is 0. The highest BCUT2D eigenvalue weighted by Crippen LogP contribution is 2.21. The molecule has 4 aromatic rings. The molecule has 0 saturated heterocycles. The quantitative estimate of drug-likeness (QED) is 0.413. The molecule has 0 saturated carbocycles. The van der Waals surface area contributed by atoms with Crippen LogP contribution in [-0.2, 0) is 0 Å². The van der Waals surface area contributed by atoms with Crippen molar-refractivity contribution in [2.24, 2.45) is 0 Å². The molecular formula is C21H15N3O2. The van der Waals surface area contributed by atoms with Gasteiger partial charge < -0.3 is 4.74 Å². The summed E-state index contributed by atoms with van der Waals surface area (Å²) in [6, 6.07) is 28.1. The van der Waals surface area contributed by atoms with Crippen LogP contribution in [0.15, 0.2) is 91.0 Å². The molecule has 0 aliphatic rings. The summed E-state index contributed by atoms with van der Waals surface area (Å²) in [4.78, 5) is 16.9. The van der Waals surface area contributed by atoms with Gasteiger partial charge in [0.2, 0.25) is 0 Å². The van der Waals surface area contributed by atoms with Gasteiger partial charge in [-0.05, 0) is 24.3 Å². The normalized spacial score (nSPS) is 10.5. The third-order valence-corrected chi connectivity index (χ3v) is 3.78. The Labute approximate surface area is 150 Å². The van der Waals surface area contributed by atoms with Crippen LogP contribution >= 0.6 is 0 Å². The van der Waals surface area contributed by atoms with Crippen molar-refractivity contribution < 1.29 is 9.53 Å². The molecule has 5 heteroatoms. The van der Waals surface area contributed by atoms with Crippen molar-refractivity contribution in [3.8, 4) is 22.8 Å². The predicted octanol–water partition coefficient (Wildman–Crippen LogP) is 4.15. The monoisotopic (exact) mass is 341 g/mol. The minimum atomic E-state index is -0.594. The molecule has 0 amide bonds. The molecule has 0 fully saturated rings. The smallest absolute Gasteiger partial charge is 0.383 e. The van der Waals surface area contributed by atoms with Crippen LogP contribution in [0.4, 0.5) is 0 Å². The van der Waals surface area contributed by atoms with Gasteiger partial charge in [-0.25, -0.2) is 14.5 Å². The molecule has 0 bridgehead atoms. The number of aromatic nitrogens is 3. The van der Waals surface area contributed by atoms with E-state index in [0.29, 0.717) is 11.6 Å². The van der Waals surface area contributed by atoms with Crippen LogP contribution in [-0.4, -0.2) is 20.7 Å². The van der Waals surface area contributed by atoms with E-state index in [2.05, 4.69) is 10.1 Å². The second kappa shape index (κ2) is 7.03. The highest BCUT2D eigenvalue weighted by molar-refractivity contribution is 5.87. The van der Waals surface area contributed by atoms with Gasteiger partial charge in [0.25, 0.3) is 5.82 Å². The van der Waals surface area contributed by atoms with E-state index in [1.165, 1.54) is 0 Å². The molecule has 26 heavy (non-hydrogen) atoms. The van der Waals surface area contributed by atoms with Gasteiger partial charge in [-0.3, -0.25) is 0 Å². The molecule has 0 radical (unpaired) electrons. The second-order valence-corrected chi connectivity index (χ2v) is 5.57. The Hall–Kier alpha value is -3.73. The SMILES string of the molecule is O=C(Oc1ccccc1)c1nc(-c2ccccc2)n(-c2ccccc2)n1. The average molecular weight is 341 g/mol. The maximum atomic E-state index is 12.5. The molecule has 0 spiro atoms. The Morgan fingerprint density at radius 1 is 0.769 bits per heavy atom. The van der Waals surface area contributed by atoms with E-state index >= 15 is 0 Å². The third kappa shape index (κ3) is 3.23. The number of hydrogen-bond acceptors (Lipinski definition) is 4. The first kappa shape index (κ1) is 15.8. The zero-order valence-corrected chi connectivity index (χ0v) is 13.8. The molecule has 1 heterocycles. The van der Waals surface area contributed by atoms with Crippen LogP contribution < -0.4 is 4.74 Å². The first-order valence-electron chi connectivity index (χ1n) is 8.16. The summed E-state index contributed by atoms with van der Waals surface area (Å²) in [5.41, 5.74) is 1.68. The van der Waals surface area contributed by atoms with Crippen molar-refractivity contribution in [2.45, 2.75) is 0 Å². The van der Waals surface area contributed by atoms with Crippen LogP contribution in [0.1, 0.15) is 10.6 Å². The van der Waals surface area contributed by atoms with Crippen LogP contribution in [0.3, 0.4) is 0 Å². The number of esters is 1. The van der Waals surface area contributed by atoms with Crippen LogP contribution in [0, 0.1) is 0 Å². The summed E-state index contributed by atoms with van der Waals surface area (Å²) in [7, 11) is 0. The Morgan fingerprint density at radius 2 is 1.35 bits per heavy atom. The Kier molecular flexibility index (Phi) is 4.26. The highest BCUT2D eigenvalue weighted by Gasteiger charge is 2.20. The number of ether oxygens (including phenoxy) is 1. The van der Waals surface area contributed by atoms with Crippen molar-refractivity contribution in [1.29, 1.82) is 0 Å². The number of rotatable bonds is 4. The Morgan fingerprint density at radius 3 is 2.00 bits per heavy atom. The molecule has 1 aromatic heterocycles. The lowest BCUT2D eigenvalue weighted by Gasteiger charge is -2.05. The molecule has 0 N–H and O–H groups in total. The summed E-state index contributed by atoms with van der Waals surface area (Å²) < 4.78 is 7.01. The van der Waals surface area contributed by atoms with Crippen molar-refractivity contribution in [1.82, 2.24) is 14.8 Å². The first-order valence-corrected chi connectivity index (χ1v) is 8.16. The van der Waals surface area contributed by atoms with Gasteiger partial charge >= 0.3 is 5.97 Å². The van der Waals surface area contributed by atoms with Crippen molar-refractivity contribution >= 4 is 5.97 Å². The molecule has 4 rings (SSSR count). The maximum Gasteiger partial charge on any atom is 0.383 e. The number of para-hydroxylation sites is 2. The number of carbonyl (C=O) groups excluding carboxylic acids is 1. The van der Waals surface area contributed by atoms with Crippen molar-refractivity contribution in [3.63, 3.8) is 0 Å². The van der Waals surface area contributed by atoms with Crippen molar-refractivity contribution in [2.75, 3.05) is 0 Å². The van der Waals surface area contributed by atoms with E-state index in [0.717, 1.165) is 11.3 Å². The lowest BCUT2D eigenvalue weighted by atomic mass is 10.2. The van der Waals surface area contributed by atoms with E-state index in [1.807, 2.05) is 66.7 Å². The standard InChI is InChI=1S/C21H15N3O2/c25-21(26-18-14-8-3-9-15-18)19-22-20(16-10-4-1-5-11-16)24(23-19)17-12-6-2-7-13-17/h1-15H. The molecule has 0 unspecified atom stereocenters. The van der Waals surface area contributed by atoms with E-state index in [4.69, 9.17) is 4.74 Å². The van der Waals surface area contributed by atoms with Gasteiger partial charge in [0.15, 0.2) is 5.82 Å². The fourth-order valence-corrected chi connectivity index (χ4v) is 2.56. The van der Waals surface area contributed by atoms with Crippen LogP contribution in [0.2, 0.25) is 0 Å². The average Bonchev–Trinajstić information content (AvgIpc) is 3.16. The summed E-state index contributed by atoms with van der Waals surface area (Å²) in [6.45, 7) is 0. The summed E-state index contributed by atoms with van der Waals surface area (Å²) in [5.74, 6) is 0.450. The van der Waals surface area contributed by atoms with Gasteiger partial charge in [-0.2, -0.15) is 0 Å². The number of nitrogens with zero attached hydrogens (tertiary/aromatic N) is 3. The third-order valence-electron chi connectivity index (χ3n) is 3.78. The molecule has 0 aliphatic carbocycles. The minimum Gasteiger partial charge on any atom is -0.421 e. The molecule has 0 aliphatic heterocycles. The predicted molar refractivity (Wildman–Crippen MR) is 98.2 cm³/mol. The number of benzene rings is 3. The second-order valence-electron chi connectivity index (χ2n) is 5.57. The van der Waals surface area contributed by atoms with E-state index < -0.39 is 5.97 Å². The van der Waals surface area contributed by atoms with E-state index in [1.54, 1.807) is 28.9 Å². The topological polar surface area (TPSA) is 57.0 Å². The van der Waals surface area contributed by atoms with E-state index in [-0.39, 0.29) is 5.82 Å².